The Bertz CT molecular complexity index is 3970. The van der Waals surface area contributed by atoms with Crippen LogP contribution in [0.25, 0.3) is 51.5 Å². The molecular formula is C66H46F2N2S2. The van der Waals surface area contributed by atoms with Crippen molar-refractivity contribution >= 4 is 97.1 Å². The summed E-state index contributed by atoms with van der Waals surface area (Å²) in [6, 6.07) is 71.4. The van der Waals surface area contributed by atoms with Crippen molar-refractivity contribution in [1.29, 1.82) is 0 Å². The molecule has 0 aliphatic heterocycles. The van der Waals surface area contributed by atoms with E-state index in [4.69, 9.17) is 0 Å². The van der Waals surface area contributed by atoms with Gasteiger partial charge in [-0.25, -0.2) is 8.78 Å². The molecule has 0 saturated carbocycles. The Morgan fingerprint density at radius 3 is 1.14 bits per heavy atom. The van der Waals surface area contributed by atoms with Gasteiger partial charge in [0.15, 0.2) is 0 Å². The van der Waals surface area contributed by atoms with Crippen LogP contribution in [0.15, 0.2) is 206 Å². The van der Waals surface area contributed by atoms with Crippen LogP contribution in [0.2, 0.25) is 0 Å². The molecule has 0 bridgehead atoms. The lowest BCUT2D eigenvalue weighted by Crippen LogP contribution is -2.40. The van der Waals surface area contributed by atoms with Gasteiger partial charge in [0.25, 0.3) is 0 Å². The standard InChI is InChI=1S/C66H46F2N2S2/c1-39-17-13-19-43-45-21-15-31-59(63(45)71-61(39)43)69(57-29-11-9-27-55(57)67)41-33-35-49-47(37-41)48-38-42(34-36-50(48)66(49)53-25-7-5-23-51(53)65(3,4)52-24-6-8-26-54(52)66)70(58-30-12-10-28-56(58)68)60-32-16-22-46-44-20-14-18-40(2)62(44)72-64(46)60/h5-38H,1-4H3. The maximum atomic E-state index is 16.7. The fourth-order valence-corrected chi connectivity index (χ4v) is 15.0. The molecule has 72 heavy (non-hydrogen) atoms. The summed E-state index contributed by atoms with van der Waals surface area (Å²) in [5, 5.41) is 4.67. The smallest absolute Gasteiger partial charge is 0.147 e. The summed E-state index contributed by atoms with van der Waals surface area (Å²) >= 11 is 3.52. The minimum absolute atomic E-state index is 0.285. The van der Waals surface area contributed by atoms with E-state index in [-0.39, 0.29) is 17.0 Å². The molecule has 0 fully saturated rings. The topological polar surface area (TPSA) is 6.48 Å². The summed E-state index contributed by atoms with van der Waals surface area (Å²) in [6.45, 7) is 9.00. The van der Waals surface area contributed by atoms with Gasteiger partial charge in [-0.05, 0) is 130 Å². The number of aryl methyl sites for hydroxylation is 2. The van der Waals surface area contributed by atoms with Gasteiger partial charge in [0, 0.05) is 47.7 Å². The highest BCUT2D eigenvalue weighted by Gasteiger charge is 2.53. The summed E-state index contributed by atoms with van der Waals surface area (Å²) in [4.78, 5) is 4.22. The van der Waals surface area contributed by atoms with Crippen molar-refractivity contribution in [1.82, 2.24) is 0 Å². The molecule has 0 amide bonds. The van der Waals surface area contributed by atoms with Crippen molar-refractivity contribution in [3.8, 4) is 11.1 Å². The first kappa shape index (κ1) is 42.9. The SMILES string of the molecule is Cc1cccc2c1sc1c(N(c3ccc4c(c3)-c3cc(N(c5ccccc5F)c5cccc6c5sc5c(C)cccc56)ccc3C43c4ccccc4C(C)(C)c4ccccc43)c3ccccc3F)cccc12. The first-order chi connectivity index (χ1) is 35.1. The van der Waals surface area contributed by atoms with Crippen LogP contribution in [-0.2, 0) is 10.8 Å². The summed E-state index contributed by atoms with van der Waals surface area (Å²) in [7, 11) is 0. The lowest BCUT2D eigenvalue weighted by molar-refractivity contribution is 0.563. The molecule has 2 aliphatic rings. The molecule has 2 aliphatic carbocycles. The van der Waals surface area contributed by atoms with Gasteiger partial charge in [0.1, 0.15) is 11.6 Å². The fourth-order valence-electron chi connectivity index (χ4n) is 12.5. The minimum atomic E-state index is -0.706. The summed E-state index contributed by atoms with van der Waals surface area (Å²) in [6.07, 6.45) is 0. The van der Waals surface area contributed by atoms with Gasteiger partial charge >= 0.3 is 0 Å². The van der Waals surface area contributed by atoms with Crippen LogP contribution in [0.5, 0.6) is 0 Å². The molecule has 1 spiro atoms. The number of nitrogens with zero attached hydrogens (tertiary/aromatic N) is 2. The van der Waals surface area contributed by atoms with Gasteiger partial charge in [-0.1, -0.05) is 159 Å². The van der Waals surface area contributed by atoms with Crippen molar-refractivity contribution < 1.29 is 8.78 Å². The highest BCUT2D eigenvalue weighted by Crippen LogP contribution is 2.64. The average molecular weight is 969 g/mol. The predicted molar refractivity (Wildman–Crippen MR) is 300 cm³/mol. The number of anilines is 6. The number of rotatable bonds is 6. The number of hydrogen-bond acceptors (Lipinski definition) is 4. The van der Waals surface area contributed by atoms with Gasteiger partial charge in [0.05, 0.1) is 37.6 Å². The molecule has 0 atom stereocenters. The van der Waals surface area contributed by atoms with Gasteiger partial charge < -0.3 is 9.80 Å². The molecule has 10 aromatic carbocycles. The predicted octanol–water partition coefficient (Wildman–Crippen LogP) is 19.3. The lowest BCUT2D eigenvalue weighted by Gasteiger charge is -2.46. The van der Waals surface area contributed by atoms with E-state index < -0.39 is 5.41 Å². The van der Waals surface area contributed by atoms with E-state index in [9.17, 15) is 0 Å². The van der Waals surface area contributed by atoms with Crippen LogP contribution >= 0.6 is 22.7 Å². The third-order valence-corrected chi connectivity index (χ3v) is 18.5. The number of benzene rings is 10. The zero-order valence-corrected chi connectivity index (χ0v) is 41.7. The molecule has 346 valence electrons. The maximum Gasteiger partial charge on any atom is 0.147 e. The Hall–Kier alpha value is -7.90. The third-order valence-electron chi connectivity index (χ3n) is 15.7. The molecule has 6 heteroatoms. The second kappa shape index (κ2) is 15.8. The Morgan fingerprint density at radius 2 is 0.708 bits per heavy atom. The van der Waals surface area contributed by atoms with Crippen LogP contribution in [-0.4, -0.2) is 0 Å². The van der Waals surface area contributed by atoms with Gasteiger partial charge in [0.2, 0.25) is 0 Å². The first-order valence-corrected chi connectivity index (χ1v) is 26.2. The number of halogens is 2. The Balaban J connectivity index is 1.08. The van der Waals surface area contributed by atoms with Crippen molar-refractivity contribution in [3.05, 3.63) is 262 Å². The summed E-state index contributed by atoms with van der Waals surface area (Å²) in [5.74, 6) is -0.620. The lowest BCUT2D eigenvalue weighted by atomic mass is 9.55. The molecule has 2 nitrogen and oxygen atoms in total. The van der Waals surface area contributed by atoms with Crippen molar-refractivity contribution in [2.24, 2.45) is 0 Å². The quantitative estimate of drug-likeness (QED) is 0.164. The average Bonchev–Trinajstić information content (AvgIpc) is 4.08. The van der Waals surface area contributed by atoms with E-state index in [1.807, 2.05) is 24.3 Å². The van der Waals surface area contributed by atoms with Crippen LogP contribution in [0.3, 0.4) is 0 Å². The zero-order chi connectivity index (χ0) is 48.6. The number of para-hydroxylation sites is 2. The normalized spacial score (nSPS) is 13.9. The number of thiophene rings is 2. The zero-order valence-electron chi connectivity index (χ0n) is 40.1. The molecule has 2 heterocycles. The summed E-state index contributed by atoms with van der Waals surface area (Å²) < 4.78 is 38.0. The van der Waals surface area contributed by atoms with Crippen LogP contribution in [0.1, 0.15) is 58.4 Å². The molecule has 0 radical (unpaired) electrons. The van der Waals surface area contributed by atoms with Crippen LogP contribution in [0, 0.1) is 25.5 Å². The van der Waals surface area contributed by atoms with Gasteiger partial charge in [-0.3, -0.25) is 0 Å². The molecule has 0 saturated heterocycles. The third kappa shape index (κ3) is 5.91. The van der Waals surface area contributed by atoms with Crippen molar-refractivity contribution in [3.63, 3.8) is 0 Å². The van der Waals surface area contributed by atoms with Crippen LogP contribution in [0.4, 0.5) is 42.9 Å². The molecule has 12 aromatic rings. The monoisotopic (exact) mass is 968 g/mol. The fraction of sp³-hybridized carbons (Fsp3) is 0.0909. The van der Waals surface area contributed by atoms with E-state index in [0.717, 1.165) is 65.2 Å². The largest absolute Gasteiger partial charge is 0.306 e. The highest BCUT2D eigenvalue weighted by molar-refractivity contribution is 7.27. The Labute approximate surface area is 425 Å². The van der Waals surface area contributed by atoms with Gasteiger partial charge in [-0.15, -0.1) is 22.7 Å². The second-order valence-corrected chi connectivity index (χ2v) is 22.0. The molecule has 14 rings (SSSR count). The summed E-state index contributed by atoms with van der Waals surface area (Å²) in [5.41, 5.74) is 15.3. The van der Waals surface area contributed by atoms with E-state index >= 15 is 8.78 Å². The van der Waals surface area contributed by atoms with E-state index in [0.29, 0.717) is 11.4 Å². The minimum Gasteiger partial charge on any atom is -0.306 e. The van der Waals surface area contributed by atoms with Gasteiger partial charge in [-0.2, -0.15) is 0 Å². The number of hydrogen-bond donors (Lipinski definition) is 0. The molecule has 0 unspecified atom stereocenters. The van der Waals surface area contributed by atoms with E-state index in [2.05, 4.69) is 195 Å². The Morgan fingerprint density at radius 1 is 0.347 bits per heavy atom. The molecule has 2 aromatic heterocycles. The number of fused-ring (bicyclic) bond motifs is 15. The van der Waals surface area contributed by atoms with Crippen LogP contribution < -0.4 is 9.80 Å². The van der Waals surface area contributed by atoms with Crippen molar-refractivity contribution in [2.75, 3.05) is 9.80 Å². The van der Waals surface area contributed by atoms with E-state index in [1.54, 1.807) is 46.9 Å². The maximum absolute atomic E-state index is 16.7. The van der Waals surface area contributed by atoms with E-state index in [1.165, 1.54) is 53.6 Å². The van der Waals surface area contributed by atoms with Crippen molar-refractivity contribution in [2.45, 2.75) is 38.5 Å². The molecule has 0 N–H and O–H groups in total. The highest BCUT2D eigenvalue weighted by atomic mass is 32.1. The second-order valence-electron chi connectivity index (χ2n) is 19.9. The Kier molecular flexibility index (Phi) is 9.42. The first-order valence-electron chi connectivity index (χ1n) is 24.5. The molecular weight excluding hydrogens is 923 g/mol.